The Morgan fingerprint density at radius 3 is 2.56 bits per heavy atom. The molecule has 1 aliphatic heterocycles. The van der Waals surface area contributed by atoms with Crippen LogP contribution in [0.2, 0.25) is 10.0 Å². The number of hydrogen-bond acceptors (Lipinski definition) is 7. The summed E-state index contributed by atoms with van der Waals surface area (Å²) in [6, 6.07) is 12.5. The summed E-state index contributed by atoms with van der Waals surface area (Å²) in [5, 5.41) is 4.37. The van der Waals surface area contributed by atoms with E-state index in [1.165, 1.54) is 28.0 Å². The molecule has 34 heavy (non-hydrogen) atoms. The molecular formula is C23H17Cl2N3O3S3. The van der Waals surface area contributed by atoms with E-state index in [0.717, 1.165) is 16.0 Å². The fraction of sp³-hybridized carbons (Fsp3) is 0.130. The molecule has 0 radical (unpaired) electrons. The van der Waals surface area contributed by atoms with Gasteiger partial charge in [-0.2, -0.15) is 0 Å². The van der Waals surface area contributed by atoms with Gasteiger partial charge in [0.2, 0.25) is 0 Å². The highest BCUT2D eigenvalue weighted by Gasteiger charge is 2.28. The molecule has 0 saturated carbocycles. The summed E-state index contributed by atoms with van der Waals surface area (Å²) in [4.78, 5) is 31.6. The van der Waals surface area contributed by atoms with E-state index >= 15 is 0 Å². The number of amides is 2. The Hall–Kier alpha value is -2.43. The van der Waals surface area contributed by atoms with Gasteiger partial charge in [0.1, 0.15) is 10.1 Å². The number of thiocarbonyl (C=S) groups is 1. The number of likely N-dealkylation sites (N-methyl/N-ethyl adjacent to an activating group) is 1. The van der Waals surface area contributed by atoms with Gasteiger partial charge in [-0.3, -0.25) is 19.8 Å². The van der Waals surface area contributed by atoms with Crippen LogP contribution in [0.3, 0.4) is 0 Å². The molecule has 4 rings (SSSR count). The summed E-state index contributed by atoms with van der Waals surface area (Å²) in [5.74, 6) is 0.101. The summed E-state index contributed by atoms with van der Waals surface area (Å²) in [7, 11) is 1.66. The zero-order valence-electron chi connectivity index (χ0n) is 17.7. The van der Waals surface area contributed by atoms with Crippen LogP contribution in [0, 0.1) is 0 Å². The van der Waals surface area contributed by atoms with Crippen LogP contribution in [0.25, 0.3) is 6.08 Å². The average Bonchev–Trinajstić information content (AvgIpc) is 3.31. The number of nitrogens with one attached hydrogen (secondary N) is 1. The molecule has 174 valence electrons. The molecule has 1 fully saturated rings. The van der Waals surface area contributed by atoms with Gasteiger partial charge in [-0.25, -0.2) is 4.98 Å². The Morgan fingerprint density at radius 1 is 1.21 bits per heavy atom. The van der Waals surface area contributed by atoms with Gasteiger partial charge in [-0.15, -0.1) is 11.3 Å². The molecule has 2 amide bonds. The van der Waals surface area contributed by atoms with Crippen molar-refractivity contribution >= 4 is 85.9 Å². The molecule has 3 aromatic rings. The Bertz CT molecular complexity index is 1270. The van der Waals surface area contributed by atoms with Crippen molar-refractivity contribution in [3.05, 3.63) is 79.6 Å². The van der Waals surface area contributed by atoms with Crippen molar-refractivity contribution in [1.29, 1.82) is 0 Å². The first-order chi connectivity index (χ1) is 16.3. The third-order valence-electron chi connectivity index (χ3n) is 4.63. The van der Waals surface area contributed by atoms with E-state index in [4.69, 9.17) is 40.2 Å². The second-order valence-corrected chi connectivity index (χ2v) is 10.9. The number of nitrogens with zero attached hydrogens (tertiary/aromatic N) is 2. The molecule has 11 heteroatoms. The molecule has 1 aromatic heterocycles. The third-order valence-corrected chi connectivity index (χ3v) is 7.47. The summed E-state index contributed by atoms with van der Waals surface area (Å²) < 4.78 is 6.09. The molecule has 0 spiro atoms. The maximum atomic E-state index is 12.3. The predicted octanol–water partition coefficient (Wildman–Crippen LogP) is 5.89. The topological polar surface area (TPSA) is 71.5 Å². The van der Waals surface area contributed by atoms with Gasteiger partial charge in [0, 0.05) is 34.6 Å². The standard InChI is InChI=1S/C23H17Cl2N3O3S3/c1-28-21(30)19(34-23(28)32)9-13-2-4-17(5-3-13)31-12-20(29)27-22-26-11-18(33-22)8-14-6-15(24)10-16(25)7-14/h2-7,9-11H,8,12H2,1H3,(H,26,27,29)/b19-9-. The van der Waals surface area contributed by atoms with E-state index < -0.39 is 0 Å². The number of carbonyl (C=O) groups is 2. The van der Waals surface area contributed by atoms with Crippen molar-refractivity contribution in [2.24, 2.45) is 0 Å². The zero-order chi connectivity index (χ0) is 24.2. The highest BCUT2D eigenvalue weighted by molar-refractivity contribution is 8.26. The van der Waals surface area contributed by atoms with E-state index in [1.54, 1.807) is 37.5 Å². The number of carbonyl (C=O) groups excluding carboxylic acids is 2. The minimum Gasteiger partial charge on any atom is -0.484 e. The molecule has 0 aliphatic carbocycles. The normalized spacial score (nSPS) is 14.7. The first-order valence-corrected chi connectivity index (χ1v) is 12.7. The van der Waals surface area contributed by atoms with E-state index in [-0.39, 0.29) is 18.4 Å². The van der Waals surface area contributed by atoms with Crippen molar-refractivity contribution in [2.45, 2.75) is 6.42 Å². The Labute approximate surface area is 219 Å². The average molecular weight is 551 g/mol. The van der Waals surface area contributed by atoms with Crippen LogP contribution in [0.15, 0.2) is 53.6 Å². The van der Waals surface area contributed by atoms with Crippen molar-refractivity contribution in [2.75, 3.05) is 19.0 Å². The Morgan fingerprint density at radius 2 is 1.91 bits per heavy atom. The maximum Gasteiger partial charge on any atom is 0.265 e. The first kappa shape index (κ1) is 24.7. The van der Waals surface area contributed by atoms with Gasteiger partial charge in [-0.1, -0.05) is 59.3 Å². The number of thiazole rings is 1. The van der Waals surface area contributed by atoms with Crippen LogP contribution in [-0.2, 0) is 16.0 Å². The lowest BCUT2D eigenvalue weighted by molar-refractivity contribution is -0.121. The summed E-state index contributed by atoms with van der Waals surface area (Å²) >= 11 is 19.9. The van der Waals surface area contributed by atoms with E-state index in [1.807, 2.05) is 24.3 Å². The number of halogens is 2. The smallest absolute Gasteiger partial charge is 0.265 e. The molecule has 1 N–H and O–H groups in total. The largest absolute Gasteiger partial charge is 0.484 e. The van der Waals surface area contributed by atoms with Crippen molar-refractivity contribution in [3.8, 4) is 5.75 Å². The van der Waals surface area contributed by atoms with Gasteiger partial charge in [0.15, 0.2) is 11.7 Å². The van der Waals surface area contributed by atoms with Crippen LogP contribution in [-0.4, -0.2) is 39.7 Å². The fourth-order valence-corrected chi connectivity index (χ4v) is 5.64. The highest BCUT2D eigenvalue weighted by atomic mass is 35.5. The number of benzene rings is 2. The van der Waals surface area contributed by atoms with Crippen LogP contribution < -0.4 is 10.1 Å². The molecule has 0 unspecified atom stereocenters. The molecule has 2 heterocycles. The Balaban J connectivity index is 1.28. The minimum atomic E-state index is -0.317. The van der Waals surface area contributed by atoms with Gasteiger partial charge < -0.3 is 4.74 Å². The van der Waals surface area contributed by atoms with Gasteiger partial charge in [0.25, 0.3) is 11.8 Å². The second-order valence-electron chi connectivity index (χ2n) is 7.23. The molecule has 6 nitrogen and oxygen atoms in total. The lowest BCUT2D eigenvalue weighted by Gasteiger charge is -2.06. The lowest BCUT2D eigenvalue weighted by atomic mass is 10.1. The number of anilines is 1. The SMILES string of the molecule is CN1C(=O)/C(=C/c2ccc(OCC(=O)Nc3ncc(Cc4cc(Cl)cc(Cl)c4)s3)cc2)SC1=S. The van der Waals surface area contributed by atoms with E-state index in [0.29, 0.717) is 36.6 Å². The van der Waals surface area contributed by atoms with Crippen LogP contribution in [0.4, 0.5) is 5.13 Å². The van der Waals surface area contributed by atoms with Gasteiger partial charge in [-0.05, 0) is 47.5 Å². The van der Waals surface area contributed by atoms with Gasteiger partial charge >= 0.3 is 0 Å². The first-order valence-electron chi connectivity index (χ1n) is 9.91. The molecule has 0 atom stereocenters. The monoisotopic (exact) mass is 549 g/mol. The van der Waals surface area contributed by atoms with Gasteiger partial charge in [0.05, 0.1) is 4.91 Å². The van der Waals surface area contributed by atoms with Crippen LogP contribution in [0.1, 0.15) is 16.0 Å². The van der Waals surface area contributed by atoms with Crippen molar-refractivity contribution < 1.29 is 14.3 Å². The molecule has 1 saturated heterocycles. The molecular weight excluding hydrogens is 533 g/mol. The Kier molecular flexibility index (Phi) is 7.90. The minimum absolute atomic E-state index is 0.117. The summed E-state index contributed by atoms with van der Waals surface area (Å²) in [5.41, 5.74) is 1.80. The molecule has 0 bridgehead atoms. The molecule has 2 aromatic carbocycles. The van der Waals surface area contributed by atoms with Crippen LogP contribution >= 0.6 is 58.5 Å². The lowest BCUT2D eigenvalue weighted by Crippen LogP contribution is -2.22. The fourth-order valence-electron chi connectivity index (χ4n) is 3.02. The highest BCUT2D eigenvalue weighted by Crippen LogP contribution is 2.31. The van der Waals surface area contributed by atoms with Crippen LogP contribution in [0.5, 0.6) is 5.75 Å². The number of ether oxygens (including phenoxy) is 1. The maximum absolute atomic E-state index is 12.3. The second kappa shape index (κ2) is 10.9. The van der Waals surface area contributed by atoms with E-state index in [2.05, 4.69) is 10.3 Å². The number of hydrogen-bond donors (Lipinski definition) is 1. The summed E-state index contributed by atoms with van der Waals surface area (Å²) in [6.45, 7) is -0.160. The molecule has 1 aliphatic rings. The quantitative estimate of drug-likeness (QED) is 0.292. The summed E-state index contributed by atoms with van der Waals surface area (Å²) in [6.07, 6.45) is 4.09. The third kappa shape index (κ3) is 6.37. The zero-order valence-corrected chi connectivity index (χ0v) is 21.7. The number of rotatable bonds is 7. The van der Waals surface area contributed by atoms with E-state index in [9.17, 15) is 9.59 Å². The number of thioether (sulfide) groups is 1. The number of aromatic nitrogens is 1. The van der Waals surface area contributed by atoms with Crippen molar-refractivity contribution in [3.63, 3.8) is 0 Å². The predicted molar refractivity (Wildman–Crippen MR) is 143 cm³/mol. The van der Waals surface area contributed by atoms with Crippen molar-refractivity contribution in [1.82, 2.24) is 9.88 Å².